The van der Waals surface area contributed by atoms with Crippen molar-refractivity contribution in [1.29, 1.82) is 0 Å². The van der Waals surface area contributed by atoms with E-state index in [0.29, 0.717) is 0 Å². The summed E-state index contributed by atoms with van der Waals surface area (Å²) < 4.78 is 0. The molecule has 2 aliphatic heterocycles. The largest absolute Gasteiger partial charge is 0.314 e. The maximum Gasteiger partial charge on any atom is 0.00680 e. The molecule has 0 aromatic rings. The lowest BCUT2D eigenvalue weighted by Gasteiger charge is -2.37. The van der Waals surface area contributed by atoms with Crippen molar-refractivity contribution in [3.8, 4) is 0 Å². The first-order valence-corrected chi connectivity index (χ1v) is 7.23. The predicted octanol–water partition coefficient (Wildman–Crippen LogP) is 2.64. The molecule has 1 N–H and O–H groups in total. The summed E-state index contributed by atoms with van der Waals surface area (Å²) in [6.45, 7) is 8.71. The fourth-order valence-electron chi connectivity index (χ4n) is 3.24. The fourth-order valence-corrected chi connectivity index (χ4v) is 3.24. The van der Waals surface area contributed by atoms with Gasteiger partial charge in [0.15, 0.2) is 0 Å². The molecule has 0 aromatic carbocycles. The van der Waals surface area contributed by atoms with E-state index in [1.165, 1.54) is 58.2 Å². The third-order valence-corrected chi connectivity index (χ3v) is 4.41. The fraction of sp³-hybridized carbons (Fsp3) is 1.00. The summed E-state index contributed by atoms with van der Waals surface area (Å²) >= 11 is 0. The van der Waals surface area contributed by atoms with Crippen molar-refractivity contribution in [2.45, 2.75) is 64.5 Å². The van der Waals surface area contributed by atoms with E-state index in [0.717, 1.165) is 18.0 Å². The molecule has 2 heterocycles. The Morgan fingerprint density at radius 2 is 2.06 bits per heavy atom. The second-order valence-electron chi connectivity index (χ2n) is 5.96. The quantitative estimate of drug-likeness (QED) is 0.790. The predicted molar refractivity (Wildman–Crippen MR) is 69.7 cm³/mol. The van der Waals surface area contributed by atoms with Crippen molar-refractivity contribution in [3.05, 3.63) is 0 Å². The summed E-state index contributed by atoms with van der Waals surface area (Å²) in [6.07, 6.45) is 8.41. The third kappa shape index (κ3) is 3.46. The number of piperidine rings is 1. The van der Waals surface area contributed by atoms with Gasteiger partial charge in [0.05, 0.1) is 0 Å². The van der Waals surface area contributed by atoms with Crippen molar-refractivity contribution < 1.29 is 0 Å². The van der Waals surface area contributed by atoms with Crippen LogP contribution in [0.4, 0.5) is 0 Å². The van der Waals surface area contributed by atoms with Crippen LogP contribution in [0, 0.1) is 5.92 Å². The van der Waals surface area contributed by atoms with Gasteiger partial charge in [-0.2, -0.15) is 0 Å². The third-order valence-electron chi connectivity index (χ3n) is 4.41. The van der Waals surface area contributed by atoms with Gasteiger partial charge in [-0.3, -0.25) is 0 Å². The molecule has 16 heavy (non-hydrogen) atoms. The molecule has 0 spiro atoms. The molecule has 3 unspecified atom stereocenters. The van der Waals surface area contributed by atoms with Crippen LogP contribution in [-0.2, 0) is 0 Å². The van der Waals surface area contributed by atoms with Crippen molar-refractivity contribution in [2.75, 3.05) is 19.6 Å². The lowest BCUT2D eigenvalue weighted by atomic mass is 9.94. The van der Waals surface area contributed by atoms with E-state index in [4.69, 9.17) is 0 Å². The van der Waals surface area contributed by atoms with E-state index >= 15 is 0 Å². The second-order valence-corrected chi connectivity index (χ2v) is 5.96. The van der Waals surface area contributed by atoms with Gasteiger partial charge in [-0.1, -0.05) is 6.92 Å². The Hall–Kier alpha value is -0.0800. The maximum atomic E-state index is 3.60. The zero-order valence-electron chi connectivity index (χ0n) is 11.0. The molecule has 0 radical (unpaired) electrons. The van der Waals surface area contributed by atoms with Crippen LogP contribution in [0.1, 0.15) is 52.4 Å². The highest BCUT2D eigenvalue weighted by Crippen LogP contribution is 2.22. The molecule has 2 rings (SSSR count). The molecule has 2 nitrogen and oxygen atoms in total. The lowest BCUT2D eigenvalue weighted by Crippen LogP contribution is -2.41. The number of rotatable bonds is 4. The van der Waals surface area contributed by atoms with Gasteiger partial charge in [-0.25, -0.2) is 0 Å². The van der Waals surface area contributed by atoms with Gasteiger partial charge < -0.3 is 10.2 Å². The molecule has 2 aliphatic rings. The van der Waals surface area contributed by atoms with Crippen molar-refractivity contribution >= 4 is 0 Å². The number of hydrogen-bond acceptors (Lipinski definition) is 2. The highest BCUT2D eigenvalue weighted by Gasteiger charge is 2.22. The van der Waals surface area contributed by atoms with Gasteiger partial charge in [-0.15, -0.1) is 0 Å². The summed E-state index contributed by atoms with van der Waals surface area (Å²) in [6, 6.07) is 1.66. The van der Waals surface area contributed by atoms with Crippen molar-refractivity contribution in [2.24, 2.45) is 5.92 Å². The molecule has 3 atom stereocenters. The van der Waals surface area contributed by atoms with Gasteiger partial charge in [0.25, 0.3) is 0 Å². The Morgan fingerprint density at radius 1 is 1.19 bits per heavy atom. The van der Waals surface area contributed by atoms with Gasteiger partial charge in [0.1, 0.15) is 0 Å². The standard InChI is InChI=1S/C14H28N2/c1-12-7-8-13(2)16(11-12)10-4-6-14-5-3-9-15-14/h12-15H,3-11H2,1-2H3. The number of nitrogens with zero attached hydrogens (tertiary/aromatic N) is 1. The lowest BCUT2D eigenvalue weighted by molar-refractivity contribution is 0.122. The second kappa shape index (κ2) is 6.02. The molecule has 0 bridgehead atoms. The SMILES string of the molecule is CC1CCC(C)N(CCCC2CCCN2)C1. The minimum atomic E-state index is 0.827. The molecule has 0 saturated carbocycles. The van der Waals surface area contributed by atoms with Crippen LogP contribution in [0.2, 0.25) is 0 Å². The van der Waals surface area contributed by atoms with E-state index in [1.54, 1.807) is 0 Å². The first-order chi connectivity index (χ1) is 7.75. The number of likely N-dealkylation sites (tertiary alicyclic amines) is 1. The van der Waals surface area contributed by atoms with Crippen molar-refractivity contribution in [3.63, 3.8) is 0 Å². The van der Waals surface area contributed by atoms with E-state index in [2.05, 4.69) is 24.1 Å². The Labute approximate surface area is 101 Å². The van der Waals surface area contributed by atoms with Gasteiger partial charge >= 0.3 is 0 Å². The van der Waals surface area contributed by atoms with E-state index in [9.17, 15) is 0 Å². The first kappa shape index (κ1) is 12.4. The molecule has 0 amide bonds. The summed E-state index contributed by atoms with van der Waals surface area (Å²) in [5, 5.41) is 3.60. The van der Waals surface area contributed by atoms with Gasteiger partial charge in [0, 0.05) is 18.6 Å². The Bertz CT molecular complexity index is 199. The highest BCUT2D eigenvalue weighted by atomic mass is 15.2. The Morgan fingerprint density at radius 3 is 2.81 bits per heavy atom. The molecule has 2 fully saturated rings. The van der Waals surface area contributed by atoms with E-state index in [-0.39, 0.29) is 0 Å². The highest BCUT2D eigenvalue weighted by molar-refractivity contribution is 4.78. The van der Waals surface area contributed by atoms with Gasteiger partial charge in [0.2, 0.25) is 0 Å². The topological polar surface area (TPSA) is 15.3 Å². The van der Waals surface area contributed by atoms with Crippen LogP contribution >= 0.6 is 0 Å². The number of hydrogen-bond donors (Lipinski definition) is 1. The van der Waals surface area contributed by atoms with Crippen LogP contribution in [0.15, 0.2) is 0 Å². The minimum Gasteiger partial charge on any atom is -0.314 e. The summed E-state index contributed by atoms with van der Waals surface area (Å²) in [5.41, 5.74) is 0. The molecular weight excluding hydrogens is 196 g/mol. The van der Waals surface area contributed by atoms with Crippen molar-refractivity contribution in [1.82, 2.24) is 10.2 Å². The first-order valence-electron chi connectivity index (χ1n) is 7.23. The minimum absolute atomic E-state index is 0.827. The zero-order valence-corrected chi connectivity index (χ0v) is 11.0. The zero-order chi connectivity index (χ0) is 11.4. The van der Waals surface area contributed by atoms with Crippen LogP contribution < -0.4 is 5.32 Å². The van der Waals surface area contributed by atoms with Crippen LogP contribution in [0.5, 0.6) is 0 Å². The number of nitrogens with one attached hydrogen (secondary N) is 1. The molecule has 0 aromatic heterocycles. The average Bonchev–Trinajstić information content (AvgIpc) is 2.76. The smallest absolute Gasteiger partial charge is 0.00680 e. The maximum absolute atomic E-state index is 3.60. The molecule has 2 heteroatoms. The molecule has 94 valence electrons. The van der Waals surface area contributed by atoms with Gasteiger partial charge in [-0.05, 0) is 64.5 Å². The summed E-state index contributed by atoms with van der Waals surface area (Å²) in [4.78, 5) is 2.71. The summed E-state index contributed by atoms with van der Waals surface area (Å²) in [5.74, 6) is 0.917. The van der Waals surface area contributed by atoms with Crippen LogP contribution in [-0.4, -0.2) is 36.6 Å². The molecule has 0 aliphatic carbocycles. The summed E-state index contributed by atoms with van der Waals surface area (Å²) in [7, 11) is 0. The monoisotopic (exact) mass is 224 g/mol. The van der Waals surface area contributed by atoms with Crippen LogP contribution in [0.25, 0.3) is 0 Å². The van der Waals surface area contributed by atoms with E-state index in [1.807, 2.05) is 0 Å². The van der Waals surface area contributed by atoms with Crippen LogP contribution in [0.3, 0.4) is 0 Å². The molecule has 2 saturated heterocycles. The average molecular weight is 224 g/mol. The Kier molecular flexibility index (Phi) is 4.66. The van der Waals surface area contributed by atoms with E-state index < -0.39 is 0 Å². The Balaban J connectivity index is 1.63. The molecular formula is C14H28N2. The normalized spacial score (nSPS) is 36.8.